The number of anilines is 2. The van der Waals surface area contributed by atoms with Gasteiger partial charge in [0.2, 0.25) is 0 Å². The molecule has 0 aliphatic heterocycles. The first-order valence-corrected chi connectivity index (χ1v) is 11.8. The second-order valence-electron chi connectivity index (χ2n) is 7.90. The van der Waals surface area contributed by atoms with Gasteiger partial charge in [0.05, 0.1) is 10.6 Å². The summed E-state index contributed by atoms with van der Waals surface area (Å²) in [6.45, 7) is 9.45. The van der Waals surface area contributed by atoms with Crippen LogP contribution in [0, 0.1) is 27.7 Å². The third-order valence-electron chi connectivity index (χ3n) is 5.26. The molecule has 0 spiro atoms. The number of aryl methyl sites for hydroxylation is 3. The van der Waals surface area contributed by atoms with E-state index in [2.05, 4.69) is 16.1 Å². The van der Waals surface area contributed by atoms with Crippen LogP contribution < -0.4 is 14.8 Å². The zero-order valence-electron chi connectivity index (χ0n) is 18.9. The maximum atomic E-state index is 12.7. The van der Waals surface area contributed by atoms with Crippen molar-refractivity contribution in [1.29, 1.82) is 0 Å². The summed E-state index contributed by atoms with van der Waals surface area (Å²) >= 11 is 0. The van der Waals surface area contributed by atoms with Gasteiger partial charge in [-0.15, -0.1) is 0 Å². The van der Waals surface area contributed by atoms with Gasteiger partial charge in [-0.25, -0.2) is 8.42 Å². The van der Waals surface area contributed by atoms with Crippen molar-refractivity contribution in [2.75, 3.05) is 10.0 Å². The summed E-state index contributed by atoms with van der Waals surface area (Å²) in [6.07, 6.45) is -0.721. The molecule has 0 saturated heterocycles. The molecule has 3 aromatic rings. The van der Waals surface area contributed by atoms with Gasteiger partial charge >= 0.3 is 0 Å². The van der Waals surface area contributed by atoms with Crippen molar-refractivity contribution >= 4 is 27.3 Å². The molecule has 168 valence electrons. The first-order valence-electron chi connectivity index (χ1n) is 10.3. The van der Waals surface area contributed by atoms with Crippen LogP contribution in [0.5, 0.6) is 5.75 Å². The number of carbonyl (C=O) groups is 1. The molecule has 1 atom stereocenters. The molecule has 2 N–H and O–H groups in total. The van der Waals surface area contributed by atoms with Crippen LogP contribution in [0.2, 0.25) is 0 Å². The van der Waals surface area contributed by atoms with E-state index in [4.69, 9.17) is 4.74 Å². The van der Waals surface area contributed by atoms with E-state index >= 15 is 0 Å². The van der Waals surface area contributed by atoms with Crippen LogP contribution in [0.15, 0.2) is 65.6 Å². The summed E-state index contributed by atoms with van der Waals surface area (Å²) in [4.78, 5) is 12.7. The molecular weight excluding hydrogens is 424 g/mol. The zero-order valence-corrected chi connectivity index (χ0v) is 19.7. The summed E-state index contributed by atoms with van der Waals surface area (Å²) in [5.41, 5.74) is 4.99. The molecule has 0 aliphatic rings. The third kappa shape index (κ3) is 5.48. The molecular formula is C25H28N2O4S. The fraction of sp³-hybridized carbons (Fsp3) is 0.240. The van der Waals surface area contributed by atoms with Crippen molar-refractivity contribution in [3.8, 4) is 5.75 Å². The molecule has 0 bridgehead atoms. The van der Waals surface area contributed by atoms with Crippen LogP contribution in [0.4, 0.5) is 11.4 Å². The van der Waals surface area contributed by atoms with Crippen molar-refractivity contribution in [2.45, 2.75) is 45.6 Å². The fourth-order valence-corrected chi connectivity index (χ4v) is 4.35. The molecule has 0 saturated carbocycles. The number of amides is 1. The Morgan fingerprint density at radius 3 is 2.22 bits per heavy atom. The predicted molar refractivity (Wildman–Crippen MR) is 128 cm³/mol. The van der Waals surface area contributed by atoms with Gasteiger partial charge in [-0.05, 0) is 93.3 Å². The number of hydrogen-bond acceptors (Lipinski definition) is 4. The van der Waals surface area contributed by atoms with Crippen LogP contribution in [0.25, 0.3) is 0 Å². The van der Waals surface area contributed by atoms with Gasteiger partial charge in [0.25, 0.3) is 15.9 Å². The van der Waals surface area contributed by atoms with E-state index in [-0.39, 0.29) is 10.8 Å². The lowest BCUT2D eigenvalue weighted by molar-refractivity contribution is -0.122. The second-order valence-corrected chi connectivity index (χ2v) is 9.58. The van der Waals surface area contributed by atoms with Gasteiger partial charge in [0, 0.05) is 5.69 Å². The van der Waals surface area contributed by atoms with E-state index in [1.165, 1.54) is 12.1 Å². The van der Waals surface area contributed by atoms with Crippen molar-refractivity contribution in [1.82, 2.24) is 0 Å². The van der Waals surface area contributed by atoms with Gasteiger partial charge in [-0.2, -0.15) is 0 Å². The van der Waals surface area contributed by atoms with Crippen molar-refractivity contribution in [3.63, 3.8) is 0 Å². The molecule has 1 amide bonds. The molecule has 0 unspecified atom stereocenters. The quantitative estimate of drug-likeness (QED) is 0.521. The van der Waals surface area contributed by atoms with Crippen LogP contribution in [0.3, 0.4) is 0 Å². The third-order valence-corrected chi connectivity index (χ3v) is 6.64. The molecule has 0 aromatic heterocycles. The lowest BCUT2D eigenvalue weighted by atomic mass is 10.1. The number of sulfonamides is 1. The molecule has 7 heteroatoms. The smallest absolute Gasteiger partial charge is 0.265 e. The summed E-state index contributed by atoms with van der Waals surface area (Å²) < 4.78 is 33.8. The molecule has 3 rings (SSSR count). The number of ether oxygens (including phenoxy) is 1. The van der Waals surface area contributed by atoms with Gasteiger partial charge < -0.3 is 10.1 Å². The number of para-hydroxylation sites is 1. The minimum Gasteiger partial charge on any atom is -0.481 e. The van der Waals surface area contributed by atoms with Gasteiger partial charge in [-0.1, -0.05) is 24.3 Å². The van der Waals surface area contributed by atoms with Crippen LogP contribution in [-0.2, 0) is 14.8 Å². The lowest BCUT2D eigenvalue weighted by Crippen LogP contribution is -2.30. The van der Waals surface area contributed by atoms with E-state index in [9.17, 15) is 13.2 Å². The molecule has 0 heterocycles. The van der Waals surface area contributed by atoms with E-state index in [0.29, 0.717) is 17.1 Å². The van der Waals surface area contributed by atoms with Crippen LogP contribution in [0.1, 0.15) is 29.2 Å². The van der Waals surface area contributed by atoms with Crippen LogP contribution in [-0.4, -0.2) is 20.4 Å². The highest BCUT2D eigenvalue weighted by Gasteiger charge is 2.18. The fourth-order valence-electron chi connectivity index (χ4n) is 3.22. The largest absolute Gasteiger partial charge is 0.481 e. The minimum absolute atomic E-state index is 0.105. The Morgan fingerprint density at radius 1 is 0.906 bits per heavy atom. The lowest BCUT2D eigenvalue weighted by Gasteiger charge is -2.18. The first kappa shape index (κ1) is 23.3. The molecule has 0 radical (unpaired) electrons. The Kier molecular flexibility index (Phi) is 6.89. The van der Waals surface area contributed by atoms with Gasteiger partial charge in [-0.3, -0.25) is 9.52 Å². The maximum absolute atomic E-state index is 12.7. The Morgan fingerprint density at radius 2 is 1.56 bits per heavy atom. The molecule has 6 nitrogen and oxygen atoms in total. The first-order chi connectivity index (χ1) is 15.1. The van der Waals surface area contributed by atoms with Crippen molar-refractivity contribution in [2.24, 2.45) is 0 Å². The van der Waals surface area contributed by atoms with E-state index in [1.807, 2.05) is 45.9 Å². The van der Waals surface area contributed by atoms with Gasteiger partial charge in [0.1, 0.15) is 5.75 Å². The average Bonchev–Trinajstić information content (AvgIpc) is 2.73. The van der Waals surface area contributed by atoms with E-state index in [0.717, 1.165) is 22.3 Å². The molecule has 32 heavy (non-hydrogen) atoms. The Labute approximate surface area is 189 Å². The van der Waals surface area contributed by atoms with Crippen molar-refractivity contribution < 1.29 is 17.9 Å². The highest BCUT2D eigenvalue weighted by Crippen LogP contribution is 2.25. The van der Waals surface area contributed by atoms with E-state index in [1.54, 1.807) is 31.2 Å². The molecule has 3 aromatic carbocycles. The zero-order chi connectivity index (χ0) is 23.5. The molecule has 0 aliphatic carbocycles. The number of carbonyl (C=O) groups excluding carboxylic acids is 1. The maximum Gasteiger partial charge on any atom is 0.265 e. The summed E-state index contributed by atoms with van der Waals surface area (Å²) in [7, 11) is -3.74. The summed E-state index contributed by atoms with van der Waals surface area (Å²) in [6, 6.07) is 17.1. The minimum atomic E-state index is -3.74. The number of rotatable bonds is 7. The number of benzene rings is 3. The Balaban J connectivity index is 1.67. The monoisotopic (exact) mass is 452 g/mol. The second kappa shape index (κ2) is 9.44. The standard InChI is InChI=1S/C25H28N2O4S/c1-16-14-18(3)19(4)24(15-16)31-20(5)25(28)26-21-10-12-22(13-11-21)32(29,30)27-23-9-7-6-8-17(23)2/h6-15,20,27H,1-5H3,(H,26,28)/t20-/m1/s1. The van der Waals surface area contributed by atoms with Crippen molar-refractivity contribution in [3.05, 3.63) is 82.9 Å². The average molecular weight is 453 g/mol. The Hall–Kier alpha value is -3.32. The topological polar surface area (TPSA) is 84.5 Å². The van der Waals surface area contributed by atoms with E-state index < -0.39 is 16.1 Å². The summed E-state index contributed by atoms with van der Waals surface area (Å²) in [5, 5.41) is 2.77. The Bertz CT molecular complexity index is 1240. The highest BCUT2D eigenvalue weighted by atomic mass is 32.2. The predicted octanol–water partition coefficient (Wildman–Crippen LogP) is 5.13. The molecule has 0 fully saturated rings. The number of hydrogen-bond donors (Lipinski definition) is 2. The van der Waals surface area contributed by atoms with Crippen LogP contribution >= 0.6 is 0 Å². The summed E-state index contributed by atoms with van der Waals surface area (Å²) in [5.74, 6) is 0.353. The highest BCUT2D eigenvalue weighted by molar-refractivity contribution is 7.92. The van der Waals surface area contributed by atoms with Gasteiger partial charge in [0.15, 0.2) is 6.10 Å². The normalized spacial score (nSPS) is 12.2. The SMILES string of the molecule is Cc1cc(C)c(C)c(O[C@H](C)C(=O)Nc2ccc(S(=O)(=O)Nc3ccccc3C)cc2)c1. The number of nitrogens with one attached hydrogen (secondary N) is 2.